The lowest BCUT2D eigenvalue weighted by Crippen LogP contribution is -2.12. The van der Waals surface area contributed by atoms with Crippen LogP contribution >= 0.6 is 11.6 Å². The summed E-state index contributed by atoms with van der Waals surface area (Å²) in [5.74, 6) is 7.30. The maximum Gasteiger partial charge on any atom is 0.227 e. The molecule has 5 nitrogen and oxygen atoms in total. The number of rotatable bonds is 5. The fourth-order valence-electron chi connectivity index (χ4n) is 2.16. The summed E-state index contributed by atoms with van der Waals surface area (Å²) in [5.41, 5.74) is 5.39. The molecule has 2 rings (SSSR count). The number of aromatic nitrogens is 2. The summed E-state index contributed by atoms with van der Waals surface area (Å²) in [6.07, 6.45) is 3.15. The summed E-state index contributed by atoms with van der Waals surface area (Å²) in [6.45, 7) is 5.97. The second kappa shape index (κ2) is 6.74. The van der Waals surface area contributed by atoms with Crippen molar-refractivity contribution in [1.82, 2.24) is 9.97 Å². The van der Waals surface area contributed by atoms with E-state index in [1.54, 1.807) is 0 Å². The van der Waals surface area contributed by atoms with Crippen molar-refractivity contribution in [2.24, 2.45) is 5.84 Å². The molecule has 0 radical (unpaired) electrons. The summed E-state index contributed by atoms with van der Waals surface area (Å²) >= 11 is 6.17. The summed E-state index contributed by atoms with van der Waals surface area (Å²) in [6, 6.07) is 3.78. The average Bonchev–Trinajstić information content (AvgIpc) is 2.46. The van der Waals surface area contributed by atoms with Crippen LogP contribution in [0.3, 0.4) is 0 Å². The fraction of sp³-hybridized carbons (Fsp3) is 0.333. The van der Waals surface area contributed by atoms with E-state index in [1.165, 1.54) is 6.33 Å². The van der Waals surface area contributed by atoms with Crippen LogP contribution in [0.2, 0.25) is 5.02 Å². The van der Waals surface area contributed by atoms with Gasteiger partial charge >= 0.3 is 0 Å². The van der Waals surface area contributed by atoms with Crippen LogP contribution in [0.5, 0.6) is 11.6 Å². The van der Waals surface area contributed by atoms with E-state index < -0.39 is 0 Å². The first-order valence-corrected chi connectivity index (χ1v) is 7.19. The monoisotopic (exact) mass is 306 g/mol. The molecule has 1 aromatic heterocycles. The van der Waals surface area contributed by atoms with E-state index in [-0.39, 0.29) is 0 Å². The third-order valence-electron chi connectivity index (χ3n) is 3.17. The molecule has 0 aliphatic heterocycles. The Kier molecular flexibility index (Phi) is 4.98. The van der Waals surface area contributed by atoms with Crippen molar-refractivity contribution in [1.29, 1.82) is 0 Å². The number of halogens is 1. The molecule has 0 spiro atoms. The first-order valence-electron chi connectivity index (χ1n) is 6.81. The van der Waals surface area contributed by atoms with E-state index in [2.05, 4.69) is 22.3 Å². The quantitative estimate of drug-likeness (QED) is 0.649. The van der Waals surface area contributed by atoms with Crippen LogP contribution in [0.15, 0.2) is 18.5 Å². The lowest BCUT2D eigenvalue weighted by atomic mass is 10.1. The second-order valence-electron chi connectivity index (χ2n) is 4.87. The van der Waals surface area contributed by atoms with Gasteiger partial charge in [0.15, 0.2) is 0 Å². The van der Waals surface area contributed by atoms with E-state index in [9.17, 15) is 0 Å². The number of benzene rings is 1. The molecule has 3 N–H and O–H groups in total. The van der Waals surface area contributed by atoms with Gasteiger partial charge in [-0.1, -0.05) is 24.9 Å². The minimum Gasteiger partial charge on any atom is -0.439 e. The highest BCUT2D eigenvalue weighted by Crippen LogP contribution is 2.31. The van der Waals surface area contributed by atoms with E-state index in [0.717, 1.165) is 34.6 Å². The van der Waals surface area contributed by atoms with Crippen molar-refractivity contribution >= 4 is 17.4 Å². The lowest BCUT2D eigenvalue weighted by molar-refractivity contribution is 0.453. The zero-order chi connectivity index (χ0) is 15.4. The molecule has 0 unspecified atom stereocenters. The number of hydrazine groups is 1. The minimum absolute atomic E-state index is 0.515. The Morgan fingerprint density at radius 2 is 1.90 bits per heavy atom. The molecule has 112 valence electrons. The van der Waals surface area contributed by atoms with Crippen molar-refractivity contribution in [3.05, 3.63) is 40.2 Å². The van der Waals surface area contributed by atoms with Gasteiger partial charge in [0, 0.05) is 5.02 Å². The van der Waals surface area contributed by atoms with Gasteiger partial charge in [-0.2, -0.15) is 0 Å². The average molecular weight is 307 g/mol. The zero-order valence-electron chi connectivity index (χ0n) is 12.4. The van der Waals surface area contributed by atoms with E-state index in [1.807, 2.05) is 26.0 Å². The van der Waals surface area contributed by atoms with E-state index in [0.29, 0.717) is 17.4 Å². The third-order valence-corrected chi connectivity index (χ3v) is 3.76. The number of nitrogens with two attached hydrogens (primary N) is 1. The highest BCUT2D eigenvalue weighted by Gasteiger charge is 2.13. The van der Waals surface area contributed by atoms with E-state index in [4.69, 9.17) is 22.2 Å². The van der Waals surface area contributed by atoms with Gasteiger partial charge in [0.25, 0.3) is 0 Å². The van der Waals surface area contributed by atoms with Crippen molar-refractivity contribution in [3.63, 3.8) is 0 Å². The largest absolute Gasteiger partial charge is 0.439 e. The minimum atomic E-state index is 0.515. The smallest absolute Gasteiger partial charge is 0.227 e. The maximum absolute atomic E-state index is 6.17. The molecule has 1 aromatic carbocycles. The van der Waals surface area contributed by atoms with Gasteiger partial charge in [-0.3, -0.25) is 0 Å². The molecule has 0 saturated heterocycles. The summed E-state index contributed by atoms with van der Waals surface area (Å²) in [4.78, 5) is 8.34. The van der Waals surface area contributed by atoms with Gasteiger partial charge in [-0.15, -0.1) is 0 Å². The highest BCUT2D eigenvalue weighted by atomic mass is 35.5. The highest BCUT2D eigenvalue weighted by molar-refractivity contribution is 6.32. The molecule has 2 aromatic rings. The van der Waals surface area contributed by atoms with Crippen molar-refractivity contribution < 1.29 is 4.74 Å². The number of ether oxygens (including phenoxy) is 1. The Bertz CT molecular complexity index is 623. The van der Waals surface area contributed by atoms with Crippen LogP contribution in [0.1, 0.15) is 30.0 Å². The van der Waals surface area contributed by atoms with Gasteiger partial charge in [0.2, 0.25) is 5.88 Å². The number of anilines is 1. The fourth-order valence-corrected chi connectivity index (χ4v) is 2.27. The second-order valence-corrected chi connectivity index (χ2v) is 5.25. The summed E-state index contributed by atoms with van der Waals surface area (Å²) in [5, 5.41) is 0.753. The number of hydrogen-bond acceptors (Lipinski definition) is 5. The Balaban J connectivity index is 2.39. The third kappa shape index (κ3) is 3.43. The number of aryl methyl sites for hydroxylation is 2. The van der Waals surface area contributed by atoms with Crippen molar-refractivity contribution in [2.75, 3.05) is 5.43 Å². The summed E-state index contributed by atoms with van der Waals surface area (Å²) < 4.78 is 5.92. The Morgan fingerprint density at radius 3 is 2.48 bits per heavy atom. The molecule has 0 aliphatic carbocycles. The Labute approximate surface area is 129 Å². The van der Waals surface area contributed by atoms with Crippen LogP contribution < -0.4 is 16.0 Å². The Morgan fingerprint density at radius 1 is 1.24 bits per heavy atom. The number of nitrogens with zero attached hydrogens (tertiary/aromatic N) is 2. The number of nitrogen functional groups attached to an aromatic ring is 1. The predicted octanol–water partition coefficient (Wildman–Crippen LogP) is 3.78. The zero-order valence-corrected chi connectivity index (χ0v) is 13.2. The van der Waals surface area contributed by atoms with Crippen LogP contribution in [0, 0.1) is 13.8 Å². The van der Waals surface area contributed by atoms with Crippen LogP contribution in [0.25, 0.3) is 0 Å². The van der Waals surface area contributed by atoms with Gasteiger partial charge in [0.1, 0.15) is 17.9 Å². The molecule has 6 heteroatoms. The molecular formula is C15H19ClN4O. The van der Waals surface area contributed by atoms with Gasteiger partial charge in [-0.25, -0.2) is 15.8 Å². The molecule has 0 fully saturated rings. The van der Waals surface area contributed by atoms with Crippen LogP contribution in [0.4, 0.5) is 5.82 Å². The molecule has 0 amide bonds. The SMILES string of the molecule is CCCc1c(NN)ncnc1Oc1cc(C)c(Cl)c(C)c1. The molecule has 0 atom stereocenters. The normalized spacial score (nSPS) is 10.5. The van der Waals surface area contributed by atoms with Crippen LogP contribution in [-0.2, 0) is 6.42 Å². The Hall–Kier alpha value is -1.85. The molecule has 21 heavy (non-hydrogen) atoms. The predicted molar refractivity (Wildman–Crippen MR) is 84.8 cm³/mol. The number of nitrogens with one attached hydrogen (secondary N) is 1. The van der Waals surface area contributed by atoms with Gasteiger partial charge in [0.05, 0.1) is 5.56 Å². The topological polar surface area (TPSA) is 73.1 Å². The molecule has 1 heterocycles. The lowest BCUT2D eigenvalue weighted by Gasteiger charge is -2.13. The molecule has 0 aliphatic rings. The molecular weight excluding hydrogens is 288 g/mol. The summed E-state index contributed by atoms with van der Waals surface area (Å²) in [7, 11) is 0. The standard InChI is InChI=1S/C15H19ClN4O/c1-4-5-12-14(20-17)18-8-19-15(12)21-11-6-9(2)13(16)10(3)7-11/h6-8H,4-5,17H2,1-3H3,(H,18,19,20). The molecule has 0 saturated carbocycles. The van der Waals surface area contributed by atoms with Crippen LogP contribution in [-0.4, -0.2) is 9.97 Å². The first kappa shape index (κ1) is 15.5. The first-order chi connectivity index (χ1) is 10.1. The van der Waals surface area contributed by atoms with E-state index >= 15 is 0 Å². The van der Waals surface area contributed by atoms with Crippen molar-refractivity contribution in [3.8, 4) is 11.6 Å². The number of hydrogen-bond donors (Lipinski definition) is 2. The van der Waals surface area contributed by atoms with Crippen molar-refractivity contribution in [2.45, 2.75) is 33.6 Å². The maximum atomic E-state index is 6.17. The van der Waals surface area contributed by atoms with Gasteiger partial charge in [-0.05, 0) is 43.5 Å². The van der Waals surface area contributed by atoms with Gasteiger partial charge < -0.3 is 10.2 Å². The molecule has 0 bridgehead atoms.